The monoisotopic (exact) mass is 329 g/mol. The van der Waals surface area contributed by atoms with Crippen molar-refractivity contribution in [3.05, 3.63) is 35.0 Å². The minimum Gasteiger partial charge on any atom is -0.481 e. The number of carbonyl (C=O) groups excluding carboxylic acids is 1. The maximum atomic E-state index is 12.2. The van der Waals surface area contributed by atoms with E-state index in [9.17, 15) is 9.59 Å². The average Bonchev–Trinajstić information content (AvgIpc) is 2.87. The van der Waals surface area contributed by atoms with Crippen molar-refractivity contribution in [3.63, 3.8) is 0 Å². The van der Waals surface area contributed by atoms with E-state index < -0.39 is 5.97 Å². The number of aromatic nitrogens is 1. The quantitative estimate of drug-likeness (QED) is 0.809. The van der Waals surface area contributed by atoms with Gasteiger partial charge in [-0.15, -0.1) is 0 Å². The number of aryl methyl sites for hydroxylation is 2. The second kappa shape index (κ2) is 6.55. The number of piperidine rings is 1. The van der Waals surface area contributed by atoms with Crippen LogP contribution in [0.2, 0.25) is 0 Å². The highest BCUT2D eigenvalue weighted by molar-refractivity contribution is 5.85. The molecule has 2 heterocycles. The van der Waals surface area contributed by atoms with E-state index >= 15 is 0 Å². The first-order valence-electron chi connectivity index (χ1n) is 8.29. The Morgan fingerprint density at radius 2 is 2.00 bits per heavy atom. The minimum atomic E-state index is -0.763. The summed E-state index contributed by atoms with van der Waals surface area (Å²) in [5.41, 5.74) is 4.55. The number of likely N-dealkylation sites (tertiary alicyclic amines) is 1. The zero-order valence-corrected chi connectivity index (χ0v) is 14.1. The molecule has 0 atom stereocenters. The van der Waals surface area contributed by atoms with Crippen LogP contribution >= 0.6 is 0 Å². The van der Waals surface area contributed by atoms with Crippen LogP contribution in [0, 0.1) is 19.8 Å². The van der Waals surface area contributed by atoms with Gasteiger partial charge in [0.25, 0.3) is 0 Å². The lowest BCUT2D eigenvalue weighted by atomic mass is 9.97. The van der Waals surface area contributed by atoms with Gasteiger partial charge in [0.2, 0.25) is 0 Å². The number of benzene rings is 1. The maximum absolute atomic E-state index is 12.2. The first-order valence-corrected chi connectivity index (χ1v) is 8.29. The predicted octanol–water partition coefficient (Wildman–Crippen LogP) is 2.79. The normalized spacial score (nSPS) is 15.7. The summed E-state index contributed by atoms with van der Waals surface area (Å²) in [6, 6.07) is 6.02. The number of hydrogen-bond acceptors (Lipinski definition) is 2. The molecule has 2 amide bonds. The fourth-order valence-corrected chi connectivity index (χ4v) is 3.24. The summed E-state index contributed by atoms with van der Waals surface area (Å²) in [4.78, 5) is 28.2. The molecule has 6 nitrogen and oxygen atoms in total. The molecule has 0 bridgehead atoms. The molecule has 1 aromatic heterocycles. The molecule has 0 unspecified atom stereocenters. The molecule has 0 saturated carbocycles. The van der Waals surface area contributed by atoms with Crippen LogP contribution < -0.4 is 5.32 Å². The fourth-order valence-electron chi connectivity index (χ4n) is 3.24. The van der Waals surface area contributed by atoms with Crippen LogP contribution in [0.5, 0.6) is 0 Å². The van der Waals surface area contributed by atoms with Gasteiger partial charge >= 0.3 is 12.0 Å². The lowest BCUT2D eigenvalue weighted by Gasteiger charge is -2.30. The number of carboxylic acids is 1. The first-order chi connectivity index (χ1) is 11.5. The van der Waals surface area contributed by atoms with E-state index in [0.29, 0.717) is 32.5 Å². The molecule has 1 aliphatic rings. The molecule has 0 spiro atoms. The number of amides is 2. The third-order valence-electron chi connectivity index (χ3n) is 4.95. The van der Waals surface area contributed by atoms with Crippen molar-refractivity contribution in [1.82, 2.24) is 15.2 Å². The van der Waals surface area contributed by atoms with Gasteiger partial charge in [-0.3, -0.25) is 4.79 Å². The molecule has 1 saturated heterocycles. The number of carboxylic acid groups (broad SMARTS) is 1. The average molecular weight is 329 g/mol. The van der Waals surface area contributed by atoms with Crippen LogP contribution in [0.1, 0.15) is 29.7 Å². The maximum Gasteiger partial charge on any atom is 0.317 e. The lowest BCUT2D eigenvalue weighted by Crippen LogP contribution is -2.45. The Kier molecular flexibility index (Phi) is 4.46. The summed E-state index contributed by atoms with van der Waals surface area (Å²) in [6.45, 7) is 5.61. The van der Waals surface area contributed by atoms with Crippen molar-refractivity contribution in [1.29, 1.82) is 0 Å². The Hall–Kier alpha value is -2.50. The van der Waals surface area contributed by atoms with Crippen LogP contribution in [0.4, 0.5) is 4.79 Å². The van der Waals surface area contributed by atoms with Gasteiger partial charge in [-0.1, -0.05) is 6.07 Å². The van der Waals surface area contributed by atoms with E-state index in [-0.39, 0.29) is 11.9 Å². The summed E-state index contributed by atoms with van der Waals surface area (Å²) in [5, 5.41) is 13.1. The third kappa shape index (κ3) is 3.22. The zero-order chi connectivity index (χ0) is 17.3. The summed E-state index contributed by atoms with van der Waals surface area (Å²) < 4.78 is 0. The standard InChI is InChI=1S/C18H23N3O3/c1-11-12(2)20-16-4-3-13(9-15(11)16)10-19-18(24)21-7-5-14(6-8-21)17(22)23/h3-4,9,14,20H,5-8,10H2,1-2H3,(H,19,24)(H,22,23). The summed E-state index contributed by atoms with van der Waals surface area (Å²) in [6.07, 6.45) is 1.05. The molecule has 24 heavy (non-hydrogen) atoms. The number of aliphatic carboxylic acids is 1. The van der Waals surface area contributed by atoms with Crippen LogP contribution in [-0.2, 0) is 11.3 Å². The van der Waals surface area contributed by atoms with Crippen molar-refractivity contribution in [2.75, 3.05) is 13.1 Å². The lowest BCUT2D eigenvalue weighted by molar-refractivity contribution is -0.143. The second-order valence-electron chi connectivity index (χ2n) is 6.51. The summed E-state index contributed by atoms with van der Waals surface area (Å²) in [5.74, 6) is -1.09. The molecule has 6 heteroatoms. The Morgan fingerprint density at radius 1 is 1.29 bits per heavy atom. The molecule has 1 aromatic carbocycles. The van der Waals surface area contributed by atoms with E-state index in [1.807, 2.05) is 12.1 Å². The molecule has 0 radical (unpaired) electrons. The summed E-state index contributed by atoms with van der Waals surface area (Å²) >= 11 is 0. The highest BCUT2D eigenvalue weighted by Crippen LogP contribution is 2.22. The van der Waals surface area contributed by atoms with Gasteiger partial charge in [0, 0.05) is 36.2 Å². The molecular formula is C18H23N3O3. The number of aromatic amines is 1. The summed E-state index contributed by atoms with van der Waals surface area (Å²) in [7, 11) is 0. The second-order valence-corrected chi connectivity index (χ2v) is 6.51. The zero-order valence-electron chi connectivity index (χ0n) is 14.1. The van der Waals surface area contributed by atoms with Crippen LogP contribution in [0.25, 0.3) is 10.9 Å². The topological polar surface area (TPSA) is 85.4 Å². The Bertz CT molecular complexity index is 773. The van der Waals surface area contributed by atoms with Gasteiger partial charge in [0.15, 0.2) is 0 Å². The molecular weight excluding hydrogens is 306 g/mol. The smallest absolute Gasteiger partial charge is 0.317 e. The van der Waals surface area contributed by atoms with Crippen molar-refractivity contribution < 1.29 is 14.7 Å². The molecule has 0 aliphatic carbocycles. The first kappa shape index (κ1) is 16.4. The van der Waals surface area contributed by atoms with E-state index in [1.54, 1.807) is 4.90 Å². The third-order valence-corrected chi connectivity index (χ3v) is 4.95. The minimum absolute atomic E-state index is 0.124. The van der Waals surface area contributed by atoms with Gasteiger partial charge in [0.05, 0.1) is 5.92 Å². The van der Waals surface area contributed by atoms with Gasteiger partial charge in [-0.2, -0.15) is 0 Å². The van der Waals surface area contributed by atoms with Crippen LogP contribution in [-0.4, -0.2) is 40.1 Å². The van der Waals surface area contributed by atoms with Gasteiger partial charge in [0.1, 0.15) is 0 Å². The van der Waals surface area contributed by atoms with Crippen molar-refractivity contribution in [3.8, 4) is 0 Å². The SMILES string of the molecule is Cc1[nH]c2ccc(CNC(=O)N3CCC(C(=O)O)CC3)cc2c1C. The largest absolute Gasteiger partial charge is 0.481 e. The van der Waals surface area contributed by atoms with Gasteiger partial charge in [-0.05, 0) is 49.9 Å². The molecule has 128 valence electrons. The number of carbonyl (C=O) groups is 2. The number of nitrogens with zero attached hydrogens (tertiary/aromatic N) is 1. The number of fused-ring (bicyclic) bond motifs is 1. The molecule has 1 aliphatic heterocycles. The number of H-pyrrole nitrogens is 1. The van der Waals surface area contributed by atoms with Crippen molar-refractivity contribution in [2.45, 2.75) is 33.2 Å². The van der Waals surface area contributed by atoms with Gasteiger partial charge in [-0.25, -0.2) is 4.79 Å². The predicted molar refractivity (Wildman–Crippen MR) is 91.9 cm³/mol. The fraction of sp³-hybridized carbons (Fsp3) is 0.444. The van der Waals surface area contributed by atoms with Gasteiger partial charge < -0.3 is 20.3 Å². The number of nitrogens with one attached hydrogen (secondary N) is 2. The molecule has 3 rings (SSSR count). The van der Waals surface area contributed by atoms with E-state index in [4.69, 9.17) is 5.11 Å². The number of urea groups is 1. The Balaban J connectivity index is 1.58. The van der Waals surface area contributed by atoms with Crippen molar-refractivity contribution >= 4 is 22.9 Å². The molecule has 2 aromatic rings. The highest BCUT2D eigenvalue weighted by atomic mass is 16.4. The Labute approximate surface area is 140 Å². The highest BCUT2D eigenvalue weighted by Gasteiger charge is 2.26. The number of rotatable bonds is 3. The Morgan fingerprint density at radius 3 is 2.67 bits per heavy atom. The van der Waals surface area contributed by atoms with E-state index in [1.165, 1.54) is 10.9 Å². The molecule has 1 fully saturated rings. The number of hydrogen-bond donors (Lipinski definition) is 3. The molecule has 3 N–H and O–H groups in total. The van der Waals surface area contributed by atoms with E-state index in [0.717, 1.165) is 16.8 Å². The van der Waals surface area contributed by atoms with E-state index in [2.05, 4.69) is 30.2 Å². The van der Waals surface area contributed by atoms with Crippen LogP contribution in [0.15, 0.2) is 18.2 Å². The van der Waals surface area contributed by atoms with Crippen molar-refractivity contribution in [2.24, 2.45) is 5.92 Å². The van der Waals surface area contributed by atoms with Crippen LogP contribution in [0.3, 0.4) is 0 Å².